The van der Waals surface area contributed by atoms with Gasteiger partial charge in [0.25, 0.3) is 5.91 Å². The van der Waals surface area contributed by atoms with Crippen LogP contribution in [0.15, 0.2) is 24.3 Å². The van der Waals surface area contributed by atoms with E-state index in [1.165, 1.54) is 7.11 Å². The maximum absolute atomic E-state index is 12.0. The van der Waals surface area contributed by atoms with Crippen LogP contribution in [0.4, 0.5) is 0 Å². The van der Waals surface area contributed by atoms with Crippen molar-refractivity contribution in [3.05, 3.63) is 35.4 Å². The van der Waals surface area contributed by atoms with Crippen molar-refractivity contribution in [3.8, 4) is 0 Å². The molecule has 0 aliphatic carbocycles. The Morgan fingerprint density at radius 1 is 1.00 bits per heavy atom. The summed E-state index contributed by atoms with van der Waals surface area (Å²) in [5.74, 6) is -0.522. The van der Waals surface area contributed by atoms with Gasteiger partial charge in [-0.15, -0.1) is 0 Å². The second-order valence-electron chi connectivity index (χ2n) is 5.17. The van der Waals surface area contributed by atoms with Gasteiger partial charge in [-0.05, 0) is 50.2 Å². The van der Waals surface area contributed by atoms with Gasteiger partial charge in [0.2, 0.25) is 0 Å². The summed E-state index contributed by atoms with van der Waals surface area (Å²) in [6.07, 6.45) is 2.23. The van der Waals surface area contributed by atoms with E-state index in [4.69, 9.17) is 0 Å². The van der Waals surface area contributed by atoms with Gasteiger partial charge >= 0.3 is 5.97 Å². The molecule has 5 nitrogen and oxygen atoms in total. The molecular formula is C17H26N2O3. The van der Waals surface area contributed by atoms with E-state index in [-0.39, 0.29) is 5.91 Å². The molecule has 1 rings (SSSR count). The molecule has 0 bridgehead atoms. The van der Waals surface area contributed by atoms with Crippen molar-refractivity contribution in [1.82, 2.24) is 10.2 Å². The Morgan fingerprint density at radius 3 is 2.05 bits per heavy atom. The quantitative estimate of drug-likeness (QED) is 0.711. The van der Waals surface area contributed by atoms with Crippen molar-refractivity contribution >= 4 is 11.9 Å². The van der Waals surface area contributed by atoms with Crippen LogP contribution >= 0.6 is 0 Å². The monoisotopic (exact) mass is 306 g/mol. The summed E-state index contributed by atoms with van der Waals surface area (Å²) in [7, 11) is 1.33. The van der Waals surface area contributed by atoms with Gasteiger partial charge in [-0.2, -0.15) is 0 Å². The highest BCUT2D eigenvalue weighted by Gasteiger charge is 2.09. The van der Waals surface area contributed by atoms with Crippen molar-refractivity contribution in [2.75, 3.05) is 33.3 Å². The lowest BCUT2D eigenvalue weighted by Crippen LogP contribution is -2.35. The Hall–Kier alpha value is -1.88. The van der Waals surface area contributed by atoms with Crippen LogP contribution in [-0.4, -0.2) is 50.1 Å². The third-order valence-electron chi connectivity index (χ3n) is 3.36. The van der Waals surface area contributed by atoms with E-state index in [1.807, 2.05) is 0 Å². The fourth-order valence-corrected chi connectivity index (χ4v) is 2.27. The fourth-order valence-electron chi connectivity index (χ4n) is 2.27. The van der Waals surface area contributed by atoms with Crippen molar-refractivity contribution in [3.63, 3.8) is 0 Å². The van der Waals surface area contributed by atoms with Crippen LogP contribution in [0.1, 0.15) is 47.4 Å². The van der Waals surface area contributed by atoms with Crippen LogP contribution in [0.25, 0.3) is 0 Å². The standard InChI is InChI=1S/C17H26N2O3/c1-4-11-19(12-5-2)13-10-18-16(20)14-6-8-15(9-7-14)17(21)22-3/h6-9H,4-5,10-13H2,1-3H3,(H,18,20). The zero-order chi connectivity index (χ0) is 16.4. The Labute approximate surface area is 132 Å². The van der Waals surface area contributed by atoms with Gasteiger partial charge in [-0.1, -0.05) is 13.8 Å². The maximum atomic E-state index is 12.0. The molecule has 0 aromatic heterocycles. The second kappa shape index (κ2) is 9.95. The number of carbonyl (C=O) groups excluding carboxylic acids is 2. The zero-order valence-electron chi connectivity index (χ0n) is 13.7. The van der Waals surface area contributed by atoms with Crippen LogP contribution < -0.4 is 5.32 Å². The molecule has 0 atom stereocenters. The Balaban J connectivity index is 2.46. The molecule has 22 heavy (non-hydrogen) atoms. The highest BCUT2D eigenvalue weighted by atomic mass is 16.5. The van der Waals surface area contributed by atoms with Crippen molar-refractivity contribution < 1.29 is 14.3 Å². The number of carbonyl (C=O) groups is 2. The van der Waals surface area contributed by atoms with Crippen LogP contribution in [0.3, 0.4) is 0 Å². The summed E-state index contributed by atoms with van der Waals surface area (Å²) in [5.41, 5.74) is 0.987. The third-order valence-corrected chi connectivity index (χ3v) is 3.36. The van der Waals surface area contributed by atoms with Crippen LogP contribution in [0, 0.1) is 0 Å². The first kappa shape index (κ1) is 18.2. The molecule has 1 amide bonds. The predicted octanol–water partition coefficient (Wildman–Crippen LogP) is 2.33. The summed E-state index contributed by atoms with van der Waals surface area (Å²) in [4.78, 5) is 25.7. The average Bonchev–Trinajstić information content (AvgIpc) is 2.54. The highest BCUT2D eigenvalue weighted by molar-refractivity contribution is 5.96. The lowest BCUT2D eigenvalue weighted by atomic mass is 10.1. The maximum Gasteiger partial charge on any atom is 0.337 e. The van der Waals surface area contributed by atoms with Gasteiger partial charge in [0.05, 0.1) is 12.7 Å². The van der Waals surface area contributed by atoms with Gasteiger partial charge in [0.15, 0.2) is 0 Å². The molecule has 0 fully saturated rings. The Morgan fingerprint density at radius 2 is 1.55 bits per heavy atom. The van der Waals surface area contributed by atoms with Gasteiger partial charge in [0, 0.05) is 18.7 Å². The number of hydrogen-bond acceptors (Lipinski definition) is 4. The molecule has 0 heterocycles. The SMILES string of the molecule is CCCN(CCC)CCNC(=O)c1ccc(C(=O)OC)cc1. The van der Waals surface area contributed by atoms with E-state index >= 15 is 0 Å². The van der Waals surface area contributed by atoms with E-state index in [1.54, 1.807) is 24.3 Å². The third kappa shape index (κ3) is 5.85. The number of ether oxygens (including phenoxy) is 1. The molecule has 0 saturated heterocycles. The van der Waals surface area contributed by atoms with Gasteiger partial charge in [0.1, 0.15) is 0 Å². The number of benzene rings is 1. The van der Waals surface area contributed by atoms with Gasteiger partial charge in [-0.25, -0.2) is 4.79 Å². The summed E-state index contributed by atoms with van der Waals surface area (Å²) in [6.45, 7) is 7.90. The van der Waals surface area contributed by atoms with Crippen molar-refractivity contribution in [2.24, 2.45) is 0 Å². The molecular weight excluding hydrogens is 280 g/mol. The van der Waals surface area contributed by atoms with Crippen molar-refractivity contribution in [1.29, 1.82) is 0 Å². The molecule has 1 N–H and O–H groups in total. The number of hydrogen-bond donors (Lipinski definition) is 1. The lowest BCUT2D eigenvalue weighted by molar-refractivity contribution is 0.0600. The van der Waals surface area contributed by atoms with Gasteiger partial charge < -0.3 is 15.0 Å². The molecule has 1 aromatic rings. The number of esters is 1. The topological polar surface area (TPSA) is 58.6 Å². The first-order valence-electron chi connectivity index (χ1n) is 7.81. The normalized spacial score (nSPS) is 10.5. The second-order valence-corrected chi connectivity index (χ2v) is 5.17. The Kier molecular flexibility index (Phi) is 8.22. The largest absolute Gasteiger partial charge is 0.465 e. The average molecular weight is 306 g/mol. The van der Waals surface area contributed by atoms with Crippen LogP contribution in [0.5, 0.6) is 0 Å². The number of nitrogens with zero attached hydrogens (tertiary/aromatic N) is 1. The van der Waals surface area contributed by atoms with E-state index in [0.29, 0.717) is 17.7 Å². The summed E-state index contributed by atoms with van der Waals surface area (Å²) >= 11 is 0. The minimum atomic E-state index is -0.401. The molecule has 0 aliphatic heterocycles. The number of amides is 1. The highest BCUT2D eigenvalue weighted by Crippen LogP contribution is 2.05. The van der Waals surface area contributed by atoms with Gasteiger partial charge in [-0.3, -0.25) is 4.79 Å². The summed E-state index contributed by atoms with van der Waals surface area (Å²) in [5, 5.41) is 2.91. The fraction of sp³-hybridized carbons (Fsp3) is 0.529. The summed E-state index contributed by atoms with van der Waals surface area (Å²) < 4.78 is 4.63. The zero-order valence-corrected chi connectivity index (χ0v) is 13.7. The minimum absolute atomic E-state index is 0.121. The summed E-state index contributed by atoms with van der Waals surface area (Å²) in [6, 6.07) is 6.47. The number of methoxy groups -OCH3 is 1. The smallest absolute Gasteiger partial charge is 0.337 e. The molecule has 5 heteroatoms. The molecule has 0 aliphatic rings. The van der Waals surface area contributed by atoms with Crippen LogP contribution in [-0.2, 0) is 4.74 Å². The lowest BCUT2D eigenvalue weighted by Gasteiger charge is -2.20. The molecule has 0 unspecified atom stereocenters. The first-order valence-corrected chi connectivity index (χ1v) is 7.81. The number of rotatable bonds is 9. The van der Waals surface area contributed by atoms with E-state index in [9.17, 15) is 9.59 Å². The number of nitrogens with one attached hydrogen (secondary N) is 1. The minimum Gasteiger partial charge on any atom is -0.465 e. The van der Waals surface area contributed by atoms with Crippen molar-refractivity contribution in [2.45, 2.75) is 26.7 Å². The first-order chi connectivity index (χ1) is 10.6. The van der Waals surface area contributed by atoms with Crippen LogP contribution in [0.2, 0.25) is 0 Å². The molecule has 0 spiro atoms. The van der Waals surface area contributed by atoms with E-state index in [2.05, 4.69) is 28.8 Å². The molecule has 122 valence electrons. The molecule has 0 saturated carbocycles. The van der Waals surface area contributed by atoms with E-state index in [0.717, 1.165) is 32.5 Å². The molecule has 1 aromatic carbocycles. The predicted molar refractivity (Wildman–Crippen MR) is 87.1 cm³/mol. The van der Waals surface area contributed by atoms with E-state index < -0.39 is 5.97 Å². The Bertz CT molecular complexity index is 465. The molecule has 0 radical (unpaired) electrons.